The van der Waals surface area contributed by atoms with Crippen LogP contribution in [0.2, 0.25) is 0 Å². The summed E-state index contributed by atoms with van der Waals surface area (Å²) < 4.78 is 23.6. The van der Waals surface area contributed by atoms with Crippen LogP contribution in [0.3, 0.4) is 0 Å². The van der Waals surface area contributed by atoms with Crippen LogP contribution in [0.1, 0.15) is 13.3 Å². The molecule has 0 saturated carbocycles. The van der Waals surface area contributed by atoms with E-state index in [1.54, 1.807) is 31.2 Å². The average molecular weight is 404 g/mol. The number of carbonyl (C=O) groups is 2. The second kappa shape index (κ2) is 7.31. The minimum absolute atomic E-state index is 0.0557. The fraction of sp³-hybridized carbons (Fsp3) is 0.429. The van der Waals surface area contributed by atoms with Crippen LogP contribution >= 0.6 is 15.9 Å². The molecule has 2 atom stereocenters. The number of amides is 3. The summed E-state index contributed by atoms with van der Waals surface area (Å²) in [4.78, 5) is 23.8. The number of rotatable bonds is 4. The second-order valence-electron chi connectivity index (χ2n) is 5.44. The molecule has 1 aliphatic heterocycles. The van der Waals surface area contributed by atoms with E-state index in [1.807, 2.05) is 0 Å². The first-order chi connectivity index (χ1) is 10.7. The molecule has 1 aromatic rings. The Hall–Kier alpha value is -1.61. The summed E-state index contributed by atoms with van der Waals surface area (Å²) in [6.45, 7) is 1.55. The molecule has 0 radical (unpaired) electrons. The normalized spacial score (nSPS) is 20.5. The third-order valence-electron chi connectivity index (χ3n) is 3.42. The van der Waals surface area contributed by atoms with E-state index >= 15 is 0 Å². The van der Waals surface area contributed by atoms with Crippen molar-refractivity contribution in [3.8, 4) is 0 Å². The predicted octanol–water partition coefficient (Wildman–Crippen LogP) is 1.26. The summed E-state index contributed by atoms with van der Waals surface area (Å²) in [5.41, 5.74) is 0.620. The van der Waals surface area contributed by atoms with Gasteiger partial charge in [0, 0.05) is 16.2 Å². The van der Waals surface area contributed by atoms with E-state index < -0.39 is 28.0 Å². The zero-order valence-corrected chi connectivity index (χ0v) is 14.9. The van der Waals surface area contributed by atoms with Gasteiger partial charge in [0.1, 0.15) is 6.04 Å². The maximum atomic E-state index is 12.0. The monoisotopic (exact) mass is 403 g/mol. The van der Waals surface area contributed by atoms with Gasteiger partial charge in [-0.2, -0.15) is 0 Å². The van der Waals surface area contributed by atoms with E-state index in [4.69, 9.17) is 0 Å². The first kappa shape index (κ1) is 17.7. The molecular formula is C14H18BrN3O4S. The summed E-state index contributed by atoms with van der Waals surface area (Å²) in [7, 11) is -3.06. The molecule has 1 saturated heterocycles. The highest BCUT2D eigenvalue weighted by molar-refractivity contribution is 9.10. The Morgan fingerprint density at radius 1 is 1.26 bits per heavy atom. The third kappa shape index (κ3) is 5.51. The lowest BCUT2D eigenvalue weighted by molar-refractivity contribution is -0.117. The highest BCUT2D eigenvalue weighted by Crippen LogP contribution is 2.14. The first-order valence-electron chi connectivity index (χ1n) is 7.09. The molecule has 23 heavy (non-hydrogen) atoms. The molecule has 9 heteroatoms. The summed E-state index contributed by atoms with van der Waals surface area (Å²) in [5, 5.41) is 7.76. The number of sulfone groups is 1. The Kier molecular flexibility index (Phi) is 5.64. The Bertz CT molecular complexity index is 690. The van der Waals surface area contributed by atoms with E-state index in [9.17, 15) is 18.0 Å². The topological polar surface area (TPSA) is 104 Å². The molecular weight excluding hydrogens is 386 g/mol. The summed E-state index contributed by atoms with van der Waals surface area (Å²) in [6.07, 6.45) is 0.398. The largest absolute Gasteiger partial charge is 0.334 e. The van der Waals surface area contributed by atoms with Crippen molar-refractivity contribution in [2.45, 2.75) is 25.4 Å². The molecule has 0 spiro atoms. The van der Waals surface area contributed by atoms with Crippen LogP contribution < -0.4 is 16.0 Å². The van der Waals surface area contributed by atoms with Gasteiger partial charge in [0.25, 0.3) is 0 Å². The van der Waals surface area contributed by atoms with Crippen LogP contribution in [-0.4, -0.2) is 43.9 Å². The molecule has 1 fully saturated rings. The number of benzene rings is 1. The van der Waals surface area contributed by atoms with Crippen LogP contribution in [0.15, 0.2) is 28.7 Å². The molecule has 7 nitrogen and oxygen atoms in total. The number of nitrogens with one attached hydrogen (secondary N) is 3. The van der Waals surface area contributed by atoms with Crippen LogP contribution in [0.25, 0.3) is 0 Å². The number of carbonyl (C=O) groups excluding carboxylic acids is 2. The summed E-state index contributed by atoms with van der Waals surface area (Å²) in [6, 6.07) is 5.35. The standard InChI is InChI=1S/C14H18BrN3O4S/c1-9(13(19)17-11-4-2-10(15)3-5-11)16-14(20)18-12-6-7-23(21,22)8-12/h2-5,9,12H,6-8H2,1H3,(H,17,19)(H2,16,18,20)/t9-,12-/m0/s1. The smallest absolute Gasteiger partial charge is 0.315 e. The van der Waals surface area contributed by atoms with Crippen molar-refractivity contribution in [1.82, 2.24) is 10.6 Å². The Labute approximate surface area is 143 Å². The minimum Gasteiger partial charge on any atom is -0.334 e. The van der Waals surface area contributed by atoms with Gasteiger partial charge in [0.15, 0.2) is 9.84 Å². The van der Waals surface area contributed by atoms with E-state index in [0.29, 0.717) is 12.1 Å². The van der Waals surface area contributed by atoms with Crippen molar-refractivity contribution >= 4 is 43.4 Å². The van der Waals surface area contributed by atoms with Gasteiger partial charge in [0.05, 0.1) is 11.5 Å². The first-order valence-corrected chi connectivity index (χ1v) is 9.70. The maximum absolute atomic E-state index is 12.0. The summed E-state index contributed by atoms with van der Waals surface area (Å²) >= 11 is 3.30. The van der Waals surface area contributed by atoms with Crippen molar-refractivity contribution in [3.05, 3.63) is 28.7 Å². The fourth-order valence-electron chi connectivity index (χ4n) is 2.18. The molecule has 0 aliphatic carbocycles. The highest BCUT2D eigenvalue weighted by Gasteiger charge is 2.29. The van der Waals surface area contributed by atoms with E-state index in [2.05, 4.69) is 31.9 Å². The zero-order valence-electron chi connectivity index (χ0n) is 12.5. The maximum Gasteiger partial charge on any atom is 0.315 e. The number of hydrogen-bond acceptors (Lipinski definition) is 4. The lowest BCUT2D eigenvalue weighted by atomic mass is 10.2. The predicted molar refractivity (Wildman–Crippen MR) is 91.0 cm³/mol. The molecule has 126 valence electrons. The average Bonchev–Trinajstić information content (AvgIpc) is 2.80. The van der Waals surface area contributed by atoms with Crippen LogP contribution in [0.5, 0.6) is 0 Å². The SMILES string of the molecule is C[C@H](NC(=O)N[C@H]1CCS(=O)(=O)C1)C(=O)Nc1ccc(Br)cc1. The molecule has 0 bridgehead atoms. The number of anilines is 1. The lowest BCUT2D eigenvalue weighted by Crippen LogP contribution is -2.49. The van der Waals surface area contributed by atoms with Crippen LogP contribution in [0, 0.1) is 0 Å². The second-order valence-corrected chi connectivity index (χ2v) is 8.58. The van der Waals surface area contributed by atoms with E-state index in [0.717, 1.165) is 4.47 Å². The Morgan fingerprint density at radius 3 is 2.48 bits per heavy atom. The van der Waals surface area contributed by atoms with Crippen molar-refractivity contribution < 1.29 is 18.0 Å². The Morgan fingerprint density at radius 2 is 1.91 bits per heavy atom. The molecule has 1 heterocycles. The van der Waals surface area contributed by atoms with Gasteiger partial charge in [0.2, 0.25) is 5.91 Å². The van der Waals surface area contributed by atoms with E-state index in [-0.39, 0.29) is 17.4 Å². The van der Waals surface area contributed by atoms with Gasteiger partial charge in [-0.25, -0.2) is 13.2 Å². The molecule has 0 aromatic heterocycles. The number of urea groups is 1. The van der Waals surface area contributed by atoms with Crippen LogP contribution in [0.4, 0.5) is 10.5 Å². The van der Waals surface area contributed by atoms with Crippen molar-refractivity contribution in [3.63, 3.8) is 0 Å². The number of halogens is 1. The van der Waals surface area contributed by atoms with Gasteiger partial charge in [-0.3, -0.25) is 4.79 Å². The van der Waals surface area contributed by atoms with Crippen molar-refractivity contribution in [2.24, 2.45) is 0 Å². The van der Waals surface area contributed by atoms with Gasteiger partial charge in [-0.1, -0.05) is 15.9 Å². The Balaban J connectivity index is 1.81. The molecule has 2 rings (SSSR count). The lowest BCUT2D eigenvalue weighted by Gasteiger charge is -2.17. The van der Waals surface area contributed by atoms with Crippen molar-refractivity contribution in [1.29, 1.82) is 0 Å². The molecule has 1 aromatic carbocycles. The third-order valence-corrected chi connectivity index (χ3v) is 5.72. The summed E-state index contributed by atoms with van der Waals surface area (Å²) in [5.74, 6) is -0.334. The van der Waals surface area contributed by atoms with Crippen molar-refractivity contribution in [2.75, 3.05) is 16.8 Å². The molecule has 3 N–H and O–H groups in total. The van der Waals surface area contributed by atoms with Gasteiger partial charge >= 0.3 is 6.03 Å². The minimum atomic E-state index is -3.06. The van der Waals surface area contributed by atoms with Gasteiger partial charge < -0.3 is 16.0 Å². The molecule has 3 amide bonds. The van der Waals surface area contributed by atoms with Gasteiger partial charge in [-0.15, -0.1) is 0 Å². The van der Waals surface area contributed by atoms with Crippen LogP contribution in [-0.2, 0) is 14.6 Å². The highest BCUT2D eigenvalue weighted by atomic mass is 79.9. The fourth-order valence-corrected chi connectivity index (χ4v) is 4.12. The van der Waals surface area contributed by atoms with E-state index in [1.165, 1.54) is 0 Å². The van der Waals surface area contributed by atoms with Gasteiger partial charge in [-0.05, 0) is 37.6 Å². The molecule has 1 aliphatic rings. The quantitative estimate of drug-likeness (QED) is 0.703. The number of hydrogen-bond donors (Lipinski definition) is 3. The zero-order chi connectivity index (χ0) is 17.0. The molecule has 0 unspecified atom stereocenters.